The molecule has 0 atom stereocenters. The van der Waals surface area contributed by atoms with Gasteiger partial charge in [-0.2, -0.15) is 4.31 Å². The van der Waals surface area contributed by atoms with Gasteiger partial charge in [0.15, 0.2) is 0 Å². The Balaban J connectivity index is 2.37. The van der Waals surface area contributed by atoms with Gasteiger partial charge in [0, 0.05) is 30.5 Å². The lowest BCUT2D eigenvalue weighted by atomic mass is 10.2. The molecule has 120 valence electrons. The van der Waals surface area contributed by atoms with Crippen molar-refractivity contribution >= 4 is 10.0 Å². The van der Waals surface area contributed by atoms with Crippen molar-refractivity contribution in [3.8, 4) is 0 Å². The van der Waals surface area contributed by atoms with Gasteiger partial charge in [-0.1, -0.05) is 13.8 Å². The summed E-state index contributed by atoms with van der Waals surface area (Å²) in [6.07, 6.45) is 3.80. The van der Waals surface area contributed by atoms with Gasteiger partial charge in [0.05, 0.1) is 6.61 Å². The lowest BCUT2D eigenvalue weighted by molar-refractivity contribution is 0.270. The number of hydrogen-bond donors (Lipinski definition) is 1. The Bertz CT molecular complexity index is 586. The zero-order chi connectivity index (χ0) is 15.8. The summed E-state index contributed by atoms with van der Waals surface area (Å²) in [4.78, 5) is 0.299. The molecule has 0 aromatic carbocycles. The van der Waals surface area contributed by atoms with Gasteiger partial charge >= 0.3 is 0 Å². The summed E-state index contributed by atoms with van der Waals surface area (Å²) in [5, 5.41) is 9.44. The molecule has 1 aromatic heterocycles. The van der Waals surface area contributed by atoms with Gasteiger partial charge in [-0.3, -0.25) is 0 Å². The van der Waals surface area contributed by atoms with E-state index < -0.39 is 10.0 Å². The Morgan fingerprint density at radius 1 is 1.33 bits per heavy atom. The Labute approximate surface area is 127 Å². The Morgan fingerprint density at radius 2 is 1.95 bits per heavy atom. The predicted molar refractivity (Wildman–Crippen MR) is 82.5 cm³/mol. The fraction of sp³-hybridized carbons (Fsp3) is 0.733. The zero-order valence-electron chi connectivity index (χ0n) is 13.3. The van der Waals surface area contributed by atoms with Crippen LogP contribution in [0.1, 0.15) is 52.3 Å². The molecule has 5 nitrogen and oxygen atoms in total. The molecule has 21 heavy (non-hydrogen) atoms. The van der Waals surface area contributed by atoms with Crippen molar-refractivity contribution in [2.24, 2.45) is 5.92 Å². The molecule has 0 amide bonds. The molecule has 1 aliphatic carbocycles. The maximum atomic E-state index is 12.9. The zero-order valence-corrected chi connectivity index (χ0v) is 14.1. The van der Waals surface area contributed by atoms with Crippen molar-refractivity contribution in [1.29, 1.82) is 0 Å². The average molecular weight is 314 g/mol. The highest BCUT2D eigenvalue weighted by molar-refractivity contribution is 7.89. The first kappa shape index (κ1) is 16.5. The third-order valence-electron chi connectivity index (χ3n) is 3.74. The van der Waals surface area contributed by atoms with Crippen LogP contribution in [0.5, 0.6) is 0 Å². The van der Waals surface area contributed by atoms with Crippen LogP contribution in [0, 0.1) is 5.92 Å². The summed E-state index contributed by atoms with van der Waals surface area (Å²) in [6.45, 7) is 8.19. The van der Waals surface area contributed by atoms with Crippen molar-refractivity contribution < 1.29 is 13.5 Å². The SMILES string of the molecule is CC(C)CN(C(C)C)S(=O)(=O)c1cc(CO)n(C2CC2)c1. The maximum absolute atomic E-state index is 12.9. The summed E-state index contributed by atoms with van der Waals surface area (Å²) in [5.41, 5.74) is 0.685. The van der Waals surface area contributed by atoms with Crippen molar-refractivity contribution in [2.75, 3.05) is 6.54 Å². The van der Waals surface area contributed by atoms with Crippen LogP contribution in [0.3, 0.4) is 0 Å². The van der Waals surface area contributed by atoms with Gasteiger partial charge in [-0.05, 0) is 38.7 Å². The summed E-state index contributed by atoms with van der Waals surface area (Å²) in [6, 6.07) is 1.89. The first-order valence-electron chi connectivity index (χ1n) is 7.60. The quantitative estimate of drug-likeness (QED) is 0.840. The van der Waals surface area contributed by atoms with Crippen LogP contribution in [-0.4, -0.2) is 35.0 Å². The van der Waals surface area contributed by atoms with Crippen molar-refractivity contribution in [3.05, 3.63) is 18.0 Å². The molecule has 2 rings (SSSR count). The lowest BCUT2D eigenvalue weighted by Gasteiger charge is -2.27. The average Bonchev–Trinajstić information content (AvgIpc) is 3.13. The summed E-state index contributed by atoms with van der Waals surface area (Å²) in [7, 11) is -3.51. The number of hydrogen-bond acceptors (Lipinski definition) is 3. The topological polar surface area (TPSA) is 62.5 Å². The van der Waals surface area contributed by atoms with Crippen LogP contribution in [0.2, 0.25) is 0 Å². The van der Waals surface area contributed by atoms with Crippen molar-refractivity contribution in [1.82, 2.24) is 8.87 Å². The fourth-order valence-corrected chi connectivity index (χ4v) is 4.39. The molecule has 1 N–H and O–H groups in total. The fourth-order valence-electron chi connectivity index (χ4n) is 2.54. The Morgan fingerprint density at radius 3 is 2.38 bits per heavy atom. The van der Waals surface area contributed by atoms with Crippen LogP contribution in [0.25, 0.3) is 0 Å². The summed E-state index contributed by atoms with van der Waals surface area (Å²) >= 11 is 0. The van der Waals surface area contributed by atoms with E-state index in [1.807, 2.05) is 32.3 Å². The van der Waals surface area contributed by atoms with E-state index in [1.165, 1.54) is 0 Å². The van der Waals surface area contributed by atoms with E-state index in [2.05, 4.69) is 0 Å². The number of aliphatic hydroxyl groups is 1. The van der Waals surface area contributed by atoms with Gasteiger partial charge in [0.2, 0.25) is 10.0 Å². The highest BCUT2D eigenvalue weighted by atomic mass is 32.2. The molecule has 1 heterocycles. The third kappa shape index (κ3) is 3.49. The van der Waals surface area contributed by atoms with E-state index in [1.54, 1.807) is 16.6 Å². The monoisotopic (exact) mass is 314 g/mol. The van der Waals surface area contributed by atoms with Crippen LogP contribution in [-0.2, 0) is 16.6 Å². The van der Waals surface area contributed by atoms with Gasteiger partial charge in [0.25, 0.3) is 0 Å². The van der Waals surface area contributed by atoms with E-state index in [0.29, 0.717) is 23.2 Å². The first-order chi connectivity index (χ1) is 9.77. The van der Waals surface area contributed by atoms with E-state index >= 15 is 0 Å². The van der Waals surface area contributed by atoms with Crippen LogP contribution >= 0.6 is 0 Å². The lowest BCUT2D eigenvalue weighted by Crippen LogP contribution is -2.39. The third-order valence-corrected chi connectivity index (χ3v) is 5.74. The molecule has 1 aliphatic rings. The van der Waals surface area contributed by atoms with E-state index in [4.69, 9.17) is 0 Å². The highest BCUT2D eigenvalue weighted by Crippen LogP contribution is 2.37. The molecule has 1 saturated carbocycles. The van der Waals surface area contributed by atoms with Crippen molar-refractivity contribution in [3.63, 3.8) is 0 Å². The van der Waals surface area contributed by atoms with Crippen LogP contribution < -0.4 is 0 Å². The predicted octanol–water partition coefficient (Wildman–Crippen LogP) is 2.37. The second-order valence-corrected chi connectivity index (χ2v) is 8.42. The molecule has 1 aromatic rings. The van der Waals surface area contributed by atoms with Gasteiger partial charge in [-0.25, -0.2) is 8.42 Å². The minimum atomic E-state index is -3.51. The molecule has 0 bridgehead atoms. The van der Waals surface area contributed by atoms with Gasteiger partial charge in [-0.15, -0.1) is 0 Å². The number of aromatic nitrogens is 1. The highest BCUT2D eigenvalue weighted by Gasteiger charge is 2.32. The van der Waals surface area contributed by atoms with E-state index in [9.17, 15) is 13.5 Å². The van der Waals surface area contributed by atoms with Crippen LogP contribution in [0.4, 0.5) is 0 Å². The largest absolute Gasteiger partial charge is 0.390 e. The van der Waals surface area contributed by atoms with E-state index in [-0.39, 0.29) is 18.6 Å². The Kier molecular flexibility index (Phi) is 4.80. The smallest absolute Gasteiger partial charge is 0.244 e. The molecule has 0 unspecified atom stereocenters. The molecule has 0 radical (unpaired) electrons. The number of sulfonamides is 1. The molecular formula is C15H26N2O3S. The normalized spacial score (nSPS) is 16.4. The van der Waals surface area contributed by atoms with Crippen LogP contribution in [0.15, 0.2) is 17.2 Å². The van der Waals surface area contributed by atoms with E-state index in [0.717, 1.165) is 12.8 Å². The summed E-state index contributed by atoms with van der Waals surface area (Å²) < 4.78 is 29.2. The Hall–Kier alpha value is -0.850. The minimum Gasteiger partial charge on any atom is -0.390 e. The second kappa shape index (κ2) is 6.10. The number of rotatable bonds is 7. The molecule has 1 fully saturated rings. The molecular weight excluding hydrogens is 288 g/mol. The first-order valence-corrected chi connectivity index (χ1v) is 9.04. The second-order valence-electron chi connectivity index (χ2n) is 6.53. The van der Waals surface area contributed by atoms with Gasteiger partial charge in [0.1, 0.15) is 4.90 Å². The standard InChI is InChI=1S/C15H26N2O3S/c1-11(2)8-17(12(3)4)21(19,20)15-7-14(10-18)16(9-15)13-5-6-13/h7,9,11-13,18H,5-6,8,10H2,1-4H3. The summed E-state index contributed by atoms with van der Waals surface area (Å²) in [5.74, 6) is 0.269. The minimum absolute atomic E-state index is 0.0840. The number of nitrogens with zero attached hydrogens (tertiary/aromatic N) is 2. The molecule has 0 aliphatic heterocycles. The molecule has 0 spiro atoms. The van der Waals surface area contributed by atoms with Gasteiger partial charge < -0.3 is 9.67 Å². The number of aliphatic hydroxyl groups excluding tert-OH is 1. The molecule has 6 heteroatoms. The maximum Gasteiger partial charge on any atom is 0.244 e. The molecule has 0 saturated heterocycles. The van der Waals surface area contributed by atoms with Crippen molar-refractivity contribution in [2.45, 2.75) is 64.1 Å².